The Hall–Kier alpha value is 0.0400. The van der Waals surface area contributed by atoms with Crippen molar-refractivity contribution < 1.29 is 8.78 Å². The maximum Gasteiger partial charge on any atom is 0.137 e. The van der Waals surface area contributed by atoms with Crippen LogP contribution in [0, 0.1) is 28.9 Å². The molecular formula is C17H22Br2F2. The summed E-state index contributed by atoms with van der Waals surface area (Å²) in [6, 6.07) is 2.54. The molecule has 1 aromatic rings. The fourth-order valence-corrected chi connectivity index (χ4v) is 4.48. The van der Waals surface area contributed by atoms with E-state index in [1.54, 1.807) is 0 Å². The van der Waals surface area contributed by atoms with Crippen LogP contribution in [0.25, 0.3) is 0 Å². The summed E-state index contributed by atoms with van der Waals surface area (Å²) < 4.78 is 27.9. The maximum absolute atomic E-state index is 14.1. The van der Waals surface area contributed by atoms with Crippen molar-refractivity contribution in [1.29, 1.82) is 0 Å². The van der Waals surface area contributed by atoms with Crippen LogP contribution in [0.15, 0.2) is 16.6 Å². The van der Waals surface area contributed by atoms with Crippen LogP contribution in [0.1, 0.15) is 56.8 Å². The highest BCUT2D eigenvalue weighted by Crippen LogP contribution is 2.46. The van der Waals surface area contributed by atoms with Gasteiger partial charge in [-0.25, -0.2) is 8.78 Å². The van der Waals surface area contributed by atoms with Crippen LogP contribution in [0.4, 0.5) is 8.78 Å². The molecule has 1 aliphatic carbocycles. The standard InChI is InChI=1S/C17H22Br2F2/c1-17(2,3)11-6-4-10(5-7-11)16(19)12-8-15(21)13(18)9-14(12)20/h8-11,16H,4-7H2,1-3H3. The van der Waals surface area contributed by atoms with Gasteiger partial charge in [0.25, 0.3) is 0 Å². The second-order valence-electron chi connectivity index (χ2n) is 7.17. The zero-order valence-corrected chi connectivity index (χ0v) is 15.9. The van der Waals surface area contributed by atoms with Crippen LogP contribution in [-0.2, 0) is 0 Å². The molecule has 0 aliphatic heterocycles. The Kier molecular flexibility index (Phi) is 5.51. The number of hydrogen-bond donors (Lipinski definition) is 0. The van der Waals surface area contributed by atoms with Crippen molar-refractivity contribution in [2.75, 3.05) is 0 Å². The predicted molar refractivity (Wildman–Crippen MR) is 90.6 cm³/mol. The molecule has 118 valence electrons. The third kappa shape index (κ3) is 4.07. The molecule has 0 spiro atoms. The van der Waals surface area contributed by atoms with Crippen LogP contribution < -0.4 is 0 Å². The fourth-order valence-electron chi connectivity index (χ4n) is 3.28. The highest BCUT2D eigenvalue weighted by atomic mass is 79.9. The normalized spacial score (nSPS) is 24.9. The van der Waals surface area contributed by atoms with Gasteiger partial charge in [-0.05, 0) is 71.0 Å². The minimum absolute atomic E-state index is 0.110. The summed E-state index contributed by atoms with van der Waals surface area (Å²) in [5.41, 5.74) is 0.775. The quantitative estimate of drug-likeness (QED) is 0.354. The molecule has 4 heteroatoms. The zero-order chi connectivity index (χ0) is 15.8. The molecule has 0 N–H and O–H groups in total. The molecular weight excluding hydrogens is 402 g/mol. The molecule has 2 rings (SSSR count). The predicted octanol–water partition coefficient (Wildman–Crippen LogP) is 7.02. The largest absolute Gasteiger partial charge is 0.207 e. The van der Waals surface area contributed by atoms with E-state index >= 15 is 0 Å². The van der Waals surface area contributed by atoms with Gasteiger partial charge in [-0.3, -0.25) is 0 Å². The van der Waals surface area contributed by atoms with Crippen LogP contribution in [0.5, 0.6) is 0 Å². The first kappa shape index (κ1) is 17.4. The van der Waals surface area contributed by atoms with Crippen molar-refractivity contribution in [1.82, 2.24) is 0 Å². The summed E-state index contributed by atoms with van der Waals surface area (Å²) >= 11 is 6.63. The lowest BCUT2D eigenvalue weighted by Gasteiger charge is -2.38. The van der Waals surface area contributed by atoms with E-state index in [1.165, 1.54) is 12.1 Å². The summed E-state index contributed by atoms with van der Waals surface area (Å²) in [7, 11) is 0. The first-order chi connectivity index (χ1) is 9.70. The van der Waals surface area contributed by atoms with Gasteiger partial charge >= 0.3 is 0 Å². The molecule has 1 saturated carbocycles. The average molecular weight is 424 g/mol. The Morgan fingerprint density at radius 1 is 1.05 bits per heavy atom. The smallest absolute Gasteiger partial charge is 0.137 e. The Labute approximate surface area is 143 Å². The van der Waals surface area contributed by atoms with E-state index in [0.29, 0.717) is 16.9 Å². The summed E-state index contributed by atoms with van der Waals surface area (Å²) in [4.78, 5) is -0.110. The lowest BCUT2D eigenvalue weighted by Crippen LogP contribution is -2.27. The van der Waals surface area contributed by atoms with E-state index in [0.717, 1.165) is 31.6 Å². The van der Waals surface area contributed by atoms with Crippen molar-refractivity contribution in [3.05, 3.63) is 33.8 Å². The molecule has 0 bridgehead atoms. The second kappa shape index (κ2) is 6.66. The zero-order valence-electron chi connectivity index (χ0n) is 12.7. The minimum Gasteiger partial charge on any atom is -0.207 e. The van der Waals surface area contributed by atoms with Crippen LogP contribution in [0.3, 0.4) is 0 Å². The maximum atomic E-state index is 14.1. The van der Waals surface area contributed by atoms with Crippen LogP contribution >= 0.6 is 31.9 Å². The Balaban J connectivity index is 2.09. The highest BCUT2D eigenvalue weighted by Gasteiger charge is 2.33. The molecule has 0 amide bonds. The van der Waals surface area contributed by atoms with Crippen molar-refractivity contribution in [3.8, 4) is 0 Å². The average Bonchev–Trinajstić information content (AvgIpc) is 2.41. The third-order valence-electron chi connectivity index (χ3n) is 4.75. The SMILES string of the molecule is CC(C)(C)C1CCC(C(Br)c2cc(F)c(Br)cc2F)CC1. The number of hydrogen-bond acceptors (Lipinski definition) is 0. The van der Waals surface area contributed by atoms with Gasteiger partial charge < -0.3 is 0 Å². The summed E-state index contributed by atoms with van der Waals surface area (Å²) in [5.74, 6) is 0.348. The lowest BCUT2D eigenvalue weighted by atomic mass is 9.69. The van der Waals surface area contributed by atoms with Crippen molar-refractivity contribution in [2.45, 2.75) is 51.3 Å². The van der Waals surface area contributed by atoms with E-state index < -0.39 is 5.82 Å². The first-order valence-corrected chi connectivity index (χ1v) is 9.19. The molecule has 1 atom stereocenters. The Morgan fingerprint density at radius 3 is 2.14 bits per heavy atom. The van der Waals surface area contributed by atoms with E-state index in [4.69, 9.17) is 0 Å². The number of halogens is 4. The van der Waals surface area contributed by atoms with Crippen molar-refractivity contribution in [3.63, 3.8) is 0 Å². The Bertz CT molecular complexity index is 500. The third-order valence-corrected chi connectivity index (χ3v) is 6.60. The van der Waals surface area contributed by atoms with Gasteiger partial charge in [-0.1, -0.05) is 36.7 Å². The van der Waals surface area contributed by atoms with Gasteiger partial charge in [0.15, 0.2) is 0 Å². The van der Waals surface area contributed by atoms with Gasteiger partial charge in [0.2, 0.25) is 0 Å². The molecule has 0 aromatic heterocycles. The van der Waals surface area contributed by atoms with Crippen molar-refractivity contribution in [2.24, 2.45) is 17.3 Å². The molecule has 1 unspecified atom stereocenters. The van der Waals surface area contributed by atoms with E-state index in [9.17, 15) is 8.78 Å². The van der Waals surface area contributed by atoms with Crippen molar-refractivity contribution >= 4 is 31.9 Å². The minimum atomic E-state index is -0.403. The molecule has 0 saturated heterocycles. The summed E-state index contributed by atoms with van der Waals surface area (Å²) in [6.07, 6.45) is 4.46. The molecule has 0 heterocycles. The van der Waals surface area contributed by atoms with Gasteiger partial charge in [0.1, 0.15) is 11.6 Å². The molecule has 0 radical (unpaired) electrons. The number of rotatable bonds is 2. The van der Waals surface area contributed by atoms with E-state index in [-0.39, 0.29) is 15.1 Å². The van der Waals surface area contributed by atoms with Gasteiger partial charge in [0.05, 0.1) is 4.47 Å². The molecule has 0 nitrogen and oxygen atoms in total. The molecule has 1 fully saturated rings. The summed E-state index contributed by atoms with van der Waals surface area (Å²) in [6.45, 7) is 6.86. The summed E-state index contributed by atoms with van der Waals surface area (Å²) in [5, 5.41) is 0. The van der Waals surface area contributed by atoms with Gasteiger partial charge in [-0.15, -0.1) is 0 Å². The first-order valence-electron chi connectivity index (χ1n) is 7.48. The van der Waals surface area contributed by atoms with Crippen LogP contribution in [0.2, 0.25) is 0 Å². The Morgan fingerprint density at radius 2 is 1.62 bits per heavy atom. The lowest BCUT2D eigenvalue weighted by molar-refractivity contribution is 0.149. The van der Waals surface area contributed by atoms with Gasteiger partial charge in [-0.2, -0.15) is 0 Å². The second-order valence-corrected chi connectivity index (χ2v) is 9.01. The number of benzene rings is 1. The topological polar surface area (TPSA) is 0 Å². The van der Waals surface area contributed by atoms with E-state index in [1.807, 2.05) is 0 Å². The molecule has 1 aliphatic rings. The number of alkyl halides is 1. The van der Waals surface area contributed by atoms with Gasteiger partial charge in [0, 0.05) is 10.4 Å². The highest BCUT2D eigenvalue weighted by molar-refractivity contribution is 9.10. The fraction of sp³-hybridized carbons (Fsp3) is 0.647. The van der Waals surface area contributed by atoms with E-state index in [2.05, 4.69) is 52.6 Å². The van der Waals surface area contributed by atoms with Crippen LogP contribution in [-0.4, -0.2) is 0 Å². The molecule has 1 aromatic carbocycles. The molecule has 21 heavy (non-hydrogen) atoms. The monoisotopic (exact) mass is 422 g/mol.